The molecule has 0 aromatic carbocycles. The fourth-order valence-electron chi connectivity index (χ4n) is 0.526. The second kappa shape index (κ2) is 2.90. The van der Waals surface area contributed by atoms with E-state index in [9.17, 15) is 10.1 Å². The molecular formula is C3H5N5O2. The molecule has 1 rings (SSSR count). The van der Waals surface area contributed by atoms with Crippen molar-refractivity contribution in [2.24, 2.45) is 5.29 Å². The molecule has 1 heterocycles. The van der Waals surface area contributed by atoms with Gasteiger partial charge in [-0.1, -0.05) is 0 Å². The molecule has 0 radical (unpaired) electrons. The number of nitrogens with zero attached hydrogens (tertiary/aromatic N) is 2. The number of imidazole rings is 1. The van der Waals surface area contributed by atoms with Crippen molar-refractivity contribution in [1.82, 2.24) is 9.97 Å². The highest BCUT2D eigenvalue weighted by molar-refractivity contribution is 5.48. The van der Waals surface area contributed by atoms with Gasteiger partial charge in [-0.15, -0.1) is 4.91 Å². The molecular weight excluding hydrogens is 138 g/mol. The van der Waals surface area contributed by atoms with Crippen LogP contribution in [0.25, 0.3) is 0 Å². The van der Waals surface area contributed by atoms with Crippen LogP contribution >= 0.6 is 0 Å². The van der Waals surface area contributed by atoms with Crippen molar-refractivity contribution >= 4 is 11.6 Å². The highest BCUT2D eigenvalue weighted by Gasteiger charge is 2.03. The predicted molar refractivity (Wildman–Crippen MR) is 33.0 cm³/mol. The zero-order chi connectivity index (χ0) is 7.40. The summed E-state index contributed by atoms with van der Waals surface area (Å²) in [6.07, 6.45) is 1.29. The van der Waals surface area contributed by atoms with Gasteiger partial charge in [0.25, 0.3) is 0 Å². The van der Waals surface area contributed by atoms with Crippen molar-refractivity contribution in [3.8, 4) is 0 Å². The summed E-state index contributed by atoms with van der Waals surface area (Å²) in [5, 5.41) is 12.5. The number of nitroso groups, excluding NO2 is 1. The van der Waals surface area contributed by atoms with Gasteiger partial charge in [0.15, 0.2) is 0 Å². The molecule has 0 saturated carbocycles. The van der Waals surface area contributed by atoms with Gasteiger partial charge in [0, 0.05) is 0 Å². The fourth-order valence-corrected chi connectivity index (χ4v) is 0.526. The third-order valence-electron chi connectivity index (χ3n) is 0.938. The summed E-state index contributed by atoms with van der Waals surface area (Å²) >= 11 is 0. The van der Waals surface area contributed by atoms with Crippen molar-refractivity contribution in [3.05, 3.63) is 16.4 Å². The van der Waals surface area contributed by atoms with Crippen LogP contribution in [0.3, 0.4) is 0 Å². The van der Waals surface area contributed by atoms with Gasteiger partial charge in [-0.25, -0.2) is 10.4 Å². The Morgan fingerprint density at radius 2 is 2.70 bits per heavy atom. The van der Waals surface area contributed by atoms with Crippen LogP contribution in [0.1, 0.15) is 0 Å². The summed E-state index contributed by atoms with van der Waals surface area (Å²) in [4.78, 5) is 15.7. The predicted octanol–water partition coefficient (Wildman–Crippen LogP) is -0.804. The second-order valence-corrected chi connectivity index (χ2v) is 1.49. The molecule has 4 N–H and O–H groups in total. The Morgan fingerprint density at radius 3 is 3.30 bits per heavy atom. The van der Waals surface area contributed by atoms with Crippen LogP contribution in [0.15, 0.2) is 11.6 Å². The molecule has 0 fully saturated rings. The summed E-state index contributed by atoms with van der Waals surface area (Å²) in [6.45, 7) is 0. The summed E-state index contributed by atoms with van der Waals surface area (Å²) in [5.74, 6) is 0.351. The van der Waals surface area contributed by atoms with E-state index in [2.05, 4.69) is 15.3 Å². The van der Waals surface area contributed by atoms with Crippen molar-refractivity contribution in [2.45, 2.75) is 0 Å². The smallest absolute Gasteiger partial charge is 0.248 e. The molecule has 54 valence electrons. The number of rotatable bonds is 3. The number of hydrogen-bond acceptors (Lipinski definition) is 4. The van der Waals surface area contributed by atoms with Crippen LogP contribution in [0.2, 0.25) is 0 Å². The van der Waals surface area contributed by atoms with E-state index in [4.69, 9.17) is 0 Å². The minimum absolute atomic E-state index is 0.144. The number of H-pyrrole nitrogens is 1. The number of aromatic nitrogens is 2. The van der Waals surface area contributed by atoms with Crippen LogP contribution in [-0.2, 0) is 0 Å². The van der Waals surface area contributed by atoms with Gasteiger partial charge in [-0.2, -0.15) is 0 Å². The molecule has 0 bridgehead atoms. The molecule has 0 aliphatic rings. The Hall–Kier alpha value is -1.47. The summed E-state index contributed by atoms with van der Waals surface area (Å²) in [7, 11) is 0. The maximum absolute atomic E-state index is 10.1. The van der Waals surface area contributed by atoms with Crippen LogP contribution < -0.4 is 10.9 Å². The monoisotopic (exact) mass is 143 g/mol. The normalized spacial score (nSPS) is 9.30. The van der Waals surface area contributed by atoms with Gasteiger partial charge in [-0.05, 0) is 0 Å². The average molecular weight is 143 g/mol. The van der Waals surface area contributed by atoms with E-state index in [1.165, 1.54) is 6.33 Å². The van der Waals surface area contributed by atoms with Crippen molar-refractivity contribution in [2.75, 3.05) is 5.43 Å². The Labute approximate surface area is 55.4 Å². The third kappa shape index (κ3) is 1.09. The number of nitrogens with two attached hydrogens (primary N) is 1. The van der Waals surface area contributed by atoms with E-state index < -0.39 is 0 Å². The number of quaternary nitrogens is 1. The van der Waals surface area contributed by atoms with Crippen LogP contribution in [0, 0.1) is 10.1 Å². The molecule has 10 heavy (non-hydrogen) atoms. The number of nitrogens with one attached hydrogen (secondary N) is 2. The van der Waals surface area contributed by atoms with Gasteiger partial charge in [0.05, 0.1) is 11.6 Å². The molecule has 0 unspecified atom stereocenters. The first-order chi connectivity index (χ1) is 4.88. The van der Waals surface area contributed by atoms with Gasteiger partial charge < -0.3 is 10.7 Å². The SMILES string of the molecule is O=NNc1nc[nH]c1[NH2+][O-]. The Balaban J connectivity index is 2.79. The quantitative estimate of drug-likeness (QED) is 0.379. The fraction of sp³-hybridized carbons (Fsp3) is 0. The molecule has 1 aromatic heterocycles. The summed E-state index contributed by atoms with van der Waals surface area (Å²) in [6, 6.07) is 0. The summed E-state index contributed by atoms with van der Waals surface area (Å²) < 4.78 is 0. The van der Waals surface area contributed by atoms with E-state index in [0.29, 0.717) is 5.48 Å². The van der Waals surface area contributed by atoms with Gasteiger partial charge >= 0.3 is 0 Å². The molecule has 0 saturated heterocycles. The zero-order valence-electron chi connectivity index (χ0n) is 4.87. The van der Waals surface area contributed by atoms with Crippen molar-refractivity contribution in [1.29, 1.82) is 0 Å². The van der Waals surface area contributed by atoms with Crippen molar-refractivity contribution in [3.63, 3.8) is 0 Å². The number of hydrogen-bond donors (Lipinski definition) is 3. The maximum Gasteiger partial charge on any atom is 0.248 e. The lowest BCUT2D eigenvalue weighted by Gasteiger charge is -1.97. The topological polar surface area (TPSA) is 110 Å². The lowest BCUT2D eigenvalue weighted by atomic mass is 10.7. The molecule has 0 atom stereocenters. The van der Waals surface area contributed by atoms with Crippen LogP contribution in [0.4, 0.5) is 11.6 Å². The highest BCUT2D eigenvalue weighted by atomic mass is 16.5. The minimum Gasteiger partial charge on any atom is -0.629 e. The zero-order valence-corrected chi connectivity index (χ0v) is 4.87. The Bertz CT molecular complexity index is 220. The van der Waals surface area contributed by atoms with Crippen molar-refractivity contribution < 1.29 is 5.48 Å². The largest absolute Gasteiger partial charge is 0.629 e. The molecule has 0 aliphatic carbocycles. The first kappa shape index (κ1) is 6.65. The number of anilines is 1. The highest BCUT2D eigenvalue weighted by Crippen LogP contribution is 2.08. The first-order valence-corrected chi connectivity index (χ1v) is 2.45. The Morgan fingerprint density at radius 1 is 1.90 bits per heavy atom. The molecule has 7 nitrogen and oxygen atoms in total. The average Bonchev–Trinajstić information content (AvgIpc) is 2.36. The third-order valence-corrected chi connectivity index (χ3v) is 0.938. The van der Waals surface area contributed by atoms with Gasteiger partial charge in [-0.3, -0.25) is 4.98 Å². The molecule has 0 aliphatic heterocycles. The van der Waals surface area contributed by atoms with E-state index >= 15 is 0 Å². The number of aromatic amines is 1. The molecule has 0 amide bonds. The second-order valence-electron chi connectivity index (χ2n) is 1.49. The Kier molecular flexibility index (Phi) is 1.92. The lowest BCUT2D eigenvalue weighted by Crippen LogP contribution is -2.70. The van der Waals surface area contributed by atoms with E-state index in [1.807, 2.05) is 5.43 Å². The van der Waals surface area contributed by atoms with Gasteiger partial charge in [0.1, 0.15) is 0 Å². The first-order valence-electron chi connectivity index (χ1n) is 2.45. The standard InChI is InChI=1S/C3H5N5O2/c9-7-3-2(6-8-10)4-1-5-3/h1H,7H2,(H,4,5)(H,6,10). The van der Waals surface area contributed by atoms with E-state index in [-0.39, 0.29) is 11.6 Å². The van der Waals surface area contributed by atoms with Gasteiger partial charge in [0.2, 0.25) is 11.6 Å². The van der Waals surface area contributed by atoms with Crippen LogP contribution in [0.5, 0.6) is 0 Å². The lowest BCUT2D eigenvalue weighted by molar-refractivity contribution is -0.500. The van der Waals surface area contributed by atoms with E-state index in [1.54, 1.807) is 0 Å². The molecule has 0 spiro atoms. The maximum atomic E-state index is 10.1. The molecule has 1 aromatic rings. The van der Waals surface area contributed by atoms with Crippen LogP contribution in [-0.4, -0.2) is 9.97 Å². The molecule has 7 heteroatoms. The minimum atomic E-state index is 0.144. The van der Waals surface area contributed by atoms with E-state index in [0.717, 1.165) is 0 Å². The summed E-state index contributed by atoms with van der Waals surface area (Å²) in [5.41, 5.74) is 2.55.